The molecule has 18 heavy (non-hydrogen) atoms. The molecule has 1 aliphatic heterocycles. The standard InChI is InChI=1S/C14H20FIN2/c1-2-7-17-12-4-3-8-18(10-12)14-6-5-11(15)9-13(14)16/h5-6,9,12,17H,2-4,7-8,10H2,1H3. The first-order valence-electron chi connectivity index (χ1n) is 6.64. The van der Waals surface area contributed by atoms with Crippen LogP contribution in [-0.4, -0.2) is 25.7 Å². The fourth-order valence-corrected chi connectivity index (χ4v) is 3.27. The molecule has 100 valence electrons. The van der Waals surface area contributed by atoms with E-state index in [1.807, 2.05) is 6.07 Å². The van der Waals surface area contributed by atoms with Crippen LogP contribution < -0.4 is 10.2 Å². The van der Waals surface area contributed by atoms with E-state index in [4.69, 9.17) is 0 Å². The molecule has 1 aromatic rings. The molecular formula is C14H20FIN2. The Balaban J connectivity index is 2.03. The van der Waals surface area contributed by atoms with Gasteiger partial charge in [0.1, 0.15) is 5.82 Å². The summed E-state index contributed by atoms with van der Waals surface area (Å²) in [6, 6.07) is 5.64. The summed E-state index contributed by atoms with van der Waals surface area (Å²) in [4.78, 5) is 2.37. The van der Waals surface area contributed by atoms with E-state index in [1.165, 1.54) is 24.9 Å². The molecule has 1 heterocycles. The molecule has 1 aliphatic rings. The SMILES string of the molecule is CCCNC1CCCN(c2ccc(F)cc2I)C1. The number of rotatable bonds is 4. The lowest BCUT2D eigenvalue weighted by Gasteiger charge is -2.35. The predicted molar refractivity (Wildman–Crippen MR) is 82.6 cm³/mol. The highest BCUT2D eigenvalue weighted by molar-refractivity contribution is 14.1. The molecule has 0 aromatic heterocycles. The van der Waals surface area contributed by atoms with Crippen molar-refractivity contribution in [2.24, 2.45) is 0 Å². The second-order valence-corrected chi connectivity index (χ2v) is 6.00. The second kappa shape index (κ2) is 6.70. The summed E-state index contributed by atoms with van der Waals surface area (Å²) < 4.78 is 14.1. The first-order valence-corrected chi connectivity index (χ1v) is 7.72. The summed E-state index contributed by atoms with van der Waals surface area (Å²) in [5.74, 6) is -0.152. The summed E-state index contributed by atoms with van der Waals surface area (Å²) in [5, 5.41) is 3.58. The molecule has 4 heteroatoms. The van der Waals surface area contributed by atoms with E-state index in [0.29, 0.717) is 6.04 Å². The molecule has 1 atom stereocenters. The van der Waals surface area contributed by atoms with Crippen molar-refractivity contribution < 1.29 is 4.39 Å². The molecule has 1 aromatic carbocycles. The van der Waals surface area contributed by atoms with E-state index in [1.54, 1.807) is 12.1 Å². The Morgan fingerprint density at radius 2 is 2.33 bits per heavy atom. The zero-order chi connectivity index (χ0) is 13.0. The third kappa shape index (κ3) is 3.57. The Morgan fingerprint density at radius 3 is 3.06 bits per heavy atom. The number of nitrogens with one attached hydrogen (secondary N) is 1. The van der Waals surface area contributed by atoms with Crippen molar-refractivity contribution in [3.63, 3.8) is 0 Å². The fraction of sp³-hybridized carbons (Fsp3) is 0.571. The lowest BCUT2D eigenvalue weighted by atomic mass is 10.0. The highest BCUT2D eigenvalue weighted by Gasteiger charge is 2.20. The molecule has 0 radical (unpaired) electrons. The summed E-state index contributed by atoms with van der Waals surface area (Å²) in [5.41, 5.74) is 1.17. The Hall–Kier alpha value is -0.360. The molecule has 0 spiro atoms. The Labute approximate surface area is 122 Å². The highest BCUT2D eigenvalue weighted by atomic mass is 127. The minimum absolute atomic E-state index is 0.152. The van der Waals surface area contributed by atoms with Crippen molar-refractivity contribution in [3.8, 4) is 0 Å². The molecule has 1 unspecified atom stereocenters. The summed E-state index contributed by atoms with van der Waals surface area (Å²) in [6.07, 6.45) is 3.62. The van der Waals surface area contributed by atoms with Gasteiger partial charge in [0, 0.05) is 22.7 Å². The molecule has 2 nitrogen and oxygen atoms in total. The van der Waals surface area contributed by atoms with Crippen molar-refractivity contribution in [2.45, 2.75) is 32.2 Å². The molecule has 0 aliphatic carbocycles. The van der Waals surface area contributed by atoms with Crippen LogP contribution in [-0.2, 0) is 0 Å². The van der Waals surface area contributed by atoms with Crippen LogP contribution in [0.3, 0.4) is 0 Å². The average Bonchev–Trinajstić information content (AvgIpc) is 2.36. The molecular weight excluding hydrogens is 342 g/mol. The first kappa shape index (κ1) is 14.1. The molecule has 1 fully saturated rings. The van der Waals surface area contributed by atoms with Crippen LogP contribution in [0.25, 0.3) is 0 Å². The Bertz CT molecular complexity index is 397. The Kier molecular flexibility index (Phi) is 5.24. The molecule has 0 saturated carbocycles. The molecule has 1 saturated heterocycles. The van der Waals surface area contributed by atoms with Crippen LogP contribution in [0.2, 0.25) is 0 Å². The molecule has 1 N–H and O–H groups in total. The van der Waals surface area contributed by atoms with Gasteiger partial charge in [-0.1, -0.05) is 6.92 Å². The van der Waals surface area contributed by atoms with Gasteiger partial charge in [-0.05, 0) is 66.6 Å². The van der Waals surface area contributed by atoms with E-state index < -0.39 is 0 Å². The van der Waals surface area contributed by atoms with Gasteiger partial charge in [0.25, 0.3) is 0 Å². The number of hydrogen-bond donors (Lipinski definition) is 1. The third-order valence-corrected chi connectivity index (χ3v) is 4.22. The van der Waals surface area contributed by atoms with Gasteiger partial charge in [-0.25, -0.2) is 4.39 Å². The monoisotopic (exact) mass is 362 g/mol. The minimum Gasteiger partial charge on any atom is -0.369 e. The topological polar surface area (TPSA) is 15.3 Å². The molecule has 2 rings (SSSR count). The maximum absolute atomic E-state index is 13.1. The van der Waals surface area contributed by atoms with Crippen LogP contribution >= 0.6 is 22.6 Å². The normalized spacial score (nSPS) is 20.2. The van der Waals surface area contributed by atoms with Crippen molar-refractivity contribution in [1.82, 2.24) is 5.32 Å². The minimum atomic E-state index is -0.152. The number of benzene rings is 1. The molecule has 0 bridgehead atoms. The number of halogens is 2. The fourth-order valence-electron chi connectivity index (χ4n) is 2.45. The second-order valence-electron chi connectivity index (χ2n) is 4.84. The number of piperidine rings is 1. The summed E-state index contributed by atoms with van der Waals surface area (Å²) >= 11 is 2.22. The zero-order valence-electron chi connectivity index (χ0n) is 10.8. The quantitative estimate of drug-likeness (QED) is 0.826. The van der Waals surface area contributed by atoms with Crippen molar-refractivity contribution in [1.29, 1.82) is 0 Å². The van der Waals surface area contributed by atoms with Crippen molar-refractivity contribution in [3.05, 3.63) is 27.6 Å². The van der Waals surface area contributed by atoms with Gasteiger partial charge in [0.2, 0.25) is 0 Å². The maximum atomic E-state index is 13.1. The number of hydrogen-bond acceptors (Lipinski definition) is 2. The Morgan fingerprint density at radius 1 is 1.50 bits per heavy atom. The van der Waals surface area contributed by atoms with Crippen LogP contribution in [0, 0.1) is 9.39 Å². The van der Waals surface area contributed by atoms with Crippen LogP contribution in [0.4, 0.5) is 10.1 Å². The van der Waals surface area contributed by atoms with Gasteiger partial charge in [0.05, 0.1) is 5.69 Å². The van der Waals surface area contributed by atoms with Crippen LogP contribution in [0.1, 0.15) is 26.2 Å². The van der Waals surface area contributed by atoms with Gasteiger partial charge in [-0.2, -0.15) is 0 Å². The average molecular weight is 362 g/mol. The summed E-state index contributed by atoms with van der Waals surface area (Å²) in [7, 11) is 0. The van der Waals surface area contributed by atoms with E-state index in [2.05, 4.69) is 39.7 Å². The third-order valence-electron chi connectivity index (χ3n) is 3.35. The number of nitrogens with zero attached hydrogens (tertiary/aromatic N) is 1. The van der Waals surface area contributed by atoms with Gasteiger partial charge in [-0.3, -0.25) is 0 Å². The van der Waals surface area contributed by atoms with Gasteiger partial charge < -0.3 is 10.2 Å². The lowest BCUT2D eigenvalue weighted by Crippen LogP contribution is -2.46. The van der Waals surface area contributed by atoms with Crippen molar-refractivity contribution in [2.75, 3.05) is 24.5 Å². The van der Waals surface area contributed by atoms with Gasteiger partial charge in [-0.15, -0.1) is 0 Å². The van der Waals surface area contributed by atoms with E-state index in [9.17, 15) is 4.39 Å². The van der Waals surface area contributed by atoms with E-state index in [-0.39, 0.29) is 5.82 Å². The first-order chi connectivity index (χ1) is 8.70. The lowest BCUT2D eigenvalue weighted by molar-refractivity contribution is 0.423. The largest absolute Gasteiger partial charge is 0.369 e. The van der Waals surface area contributed by atoms with Gasteiger partial charge in [0.15, 0.2) is 0 Å². The summed E-state index contributed by atoms with van der Waals surface area (Å²) in [6.45, 7) is 5.38. The van der Waals surface area contributed by atoms with Crippen LogP contribution in [0.15, 0.2) is 18.2 Å². The smallest absolute Gasteiger partial charge is 0.124 e. The molecule has 0 amide bonds. The highest BCUT2D eigenvalue weighted by Crippen LogP contribution is 2.26. The van der Waals surface area contributed by atoms with Crippen molar-refractivity contribution >= 4 is 28.3 Å². The zero-order valence-corrected chi connectivity index (χ0v) is 12.9. The van der Waals surface area contributed by atoms with E-state index >= 15 is 0 Å². The van der Waals surface area contributed by atoms with Gasteiger partial charge >= 0.3 is 0 Å². The van der Waals surface area contributed by atoms with E-state index in [0.717, 1.165) is 23.2 Å². The van der Waals surface area contributed by atoms with Crippen LogP contribution in [0.5, 0.6) is 0 Å². The number of anilines is 1. The maximum Gasteiger partial charge on any atom is 0.124 e. The predicted octanol–water partition coefficient (Wildman–Crippen LogP) is 3.40.